The average Bonchev–Trinajstić information content (AvgIpc) is 3.22. The Morgan fingerprint density at radius 2 is 1.85 bits per heavy atom. The molecular weight excluding hydrogens is 410 g/mol. The highest BCUT2D eigenvalue weighted by atomic mass is 79.9. The van der Waals surface area contributed by atoms with Gasteiger partial charge in [0.1, 0.15) is 0 Å². The molecule has 5 nitrogen and oxygen atoms in total. The van der Waals surface area contributed by atoms with Crippen molar-refractivity contribution < 1.29 is 0 Å². The van der Waals surface area contributed by atoms with E-state index >= 15 is 0 Å². The van der Waals surface area contributed by atoms with E-state index in [9.17, 15) is 0 Å². The first kappa shape index (κ1) is 15.8. The summed E-state index contributed by atoms with van der Waals surface area (Å²) in [5.74, 6) is 0.330. The smallest absolute Gasteiger partial charge is 0.210 e. The highest BCUT2D eigenvalue weighted by Gasteiger charge is 2.27. The van der Waals surface area contributed by atoms with Crippen LogP contribution in [0.5, 0.6) is 0 Å². The van der Waals surface area contributed by atoms with Crippen molar-refractivity contribution in [1.29, 1.82) is 0 Å². The number of benzene rings is 2. The van der Waals surface area contributed by atoms with Gasteiger partial charge in [-0.05, 0) is 29.8 Å². The lowest BCUT2D eigenvalue weighted by atomic mass is 10.00. The first-order chi connectivity index (χ1) is 12.7. The molecule has 0 amide bonds. The number of rotatable bonds is 2. The van der Waals surface area contributed by atoms with Gasteiger partial charge in [0.15, 0.2) is 10.5 Å². The van der Waals surface area contributed by atoms with Gasteiger partial charge in [0.05, 0.1) is 23.3 Å². The van der Waals surface area contributed by atoms with E-state index in [1.165, 1.54) is 11.3 Å². The Hall–Kier alpha value is -2.38. The number of anilines is 1. The maximum absolute atomic E-state index is 4.84. The van der Waals surface area contributed by atoms with Crippen LogP contribution in [0.4, 0.5) is 5.13 Å². The van der Waals surface area contributed by atoms with E-state index in [-0.39, 0.29) is 0 Å². The summed E-state index contributed by atoms with van der Waals surface area (Å²) in [5, 5.41) is 7.65. The number of halogens is 1. The number of hydrazone groups is 1. The number of thiazole rings is 1. The lowest BCUT2D eigenvalue weighted by molar-refractivity contribution is 0.774. The number of para-hydroxylation sites is 2. The van der Waals surface area contributed by atoms with Crippen LogP contribution >= 0.6 is 27.3 Å². The second-order valence-electron chi connectivity index (χ2n) is 6.32. The molecule has 1 aliphatic heterocycles. The molecule has 128 valence electrons. The minimum absolute atomic E-state index is 0.330. The molecule has 0 radical (unpaired) electrons. The van der Waals surface area contributed by atoms with Crippen LogP contribution in [-0.4, -0.2) is 27.2 Å². The van der Waals surface area contributed by atoms with Crippen LogP contribution in [0.25, 0.3) is 21.5 Å². The molecule has 0 saturated heterocycles. The lowest BCUT2D eigenvalue weighted by Crippen LogP contribution is -2.16. The largest absolute Gasteiger partial charge is 0.238 e. The van der Waals surface area contributed by atoms with Gasteiger partial charge in [-0.1, -0.05) is 58.5 Å². The Kier molecular flexibility index (Phi) is 3.72. The molecule has 3 heterocycles. The van der Waals surface area contributed by atoms with Crippen molar-refractivity contribution in [3.8, 4) is 0 Å². The number of hydrogen-bond acceptors (Lipinski definition) is 6. The number of fused-ring (bicyclic) bond motifs is 2. The molecule has 2 aromatic carbocycles. The highest BCUT2D eigenvalue weighted by Crippen LogP contribution is 2.32. The third-order valence-electron chi connectivity index (χ3n) is 4.39. The molecule has 1 aliphatic rings. The molecule has 1 unspecified atom stereocenters. The highest BCUT2D eigenvalue weighted by molar-refractivity contribution is 9.10. The summed E-state index contributed by atoms with van der Waals surface area (Å²) in [4.78, 5) is 14.8. The third-order valence-corrected chi connectivity index (χ3v) is 5.84. The van der Waals surface area contributed by atoms with Crippen LogP contribution in [0.1, 0.15) is 12.5 Å². The van der Waals surface area contributed by atoms with E-state index in [2.05, 4.69) is 49.9 Å². The maximum Gasteiger partial charge on any atom is 0.210 e. The fraction of sp³-hybridized carbons (Fsp3) is 0.158. The average molecular weight is 424 g/mol. The van der Waals surface area contributed by atoms with E-state index in [1.807, 2.05) is 41.4 Å². The molecule has 0 spiro atoms. The van der Waals surface area contributed by atoms with Gasteiger partial charge in [0.25, 0.3) is 0 Å². The van der Waals surface area contributed by atoms with Gasteiger partial charge in [0, 0.05) is 10.4 Å². The van der Waals surface area contributed by atoms with Crippen LogP contribution < -0.4 is 5.01 Å². The summed E-state index contributed by atoms with van der Waals surface area (Å²) in [6, 6.07) is 16.1. The fourth-order valence-electron chi connectivity index (χ4n) is 3.15. The zero-order chi connectivity index (χ0) is 17.7. The Morgan fingerprint density at radius 3 is 2.65 bits per heavy atom. The van der Waals surface area contributed by atoms with Crippen molar-refractivity contribution >= 4 is 59.6 Å². The van der Waals surface area contributed by atoms with Gasteiger partial charge in [-0.2, -0.15) is 10.1 Å². The van der Waals surface area contributed by atoms with Gasteiger partial charge in [-0.25, -0.2) is 15.0 Å². The lowest BCUT2D eigenvalue weighted by Gasteiger charge is -2.09. The molecule has 2 aromatic heterocycles. The normalized spacial score (nSPS) is 17.2. The molecule has 1 atom stereocenters. The molecule has 4 aromatic rings. The fourth-order valence-corrected chi connectivity index (χ4v) is 4.40. The van der Waals surface area contributed by atoms with Gasteiger partial charge < -0.3 is 0 Å². The molecule has 26 heavy (non-hydrogen) atoms. The summed E-state index contributed by atoms with van der Waals surface area (Å²) in [5.41, 5.74) is 4.66. The monoisotopic (exact) mass is 423 g/mol. The number of hydrogen-bond donors (Lipinski definition) is 0. The van der Waals surface area contributed by atoms with E-state index in [1.54, 1.807) is 0 Å². The topological polar surface area (TPSA) is 54.3 Å². The molecule has 0 aliphatic carbocycles. The zero-order valence-corrected chi connectivity index (χ0v) is 16.3. The minimum Gasteiger partial charge on any atom is -0.238 e. The number of aromatic nitrogens is 3. The second kappa shape index (κ2) is 6.10. The SMILES string of the molecule is CC1CN(c2nc3nc4ccccc4nc3s2)N=C1c1cccc(Br)c1. The Balaban J connectivity index is 1.56. The summed E-state index contributed by atoms with van der Waals surface area (Å²) >= 11 is 5.07. The Labute approximate surface area is 162 Å². The first-order valence-electron chi connectivity index (χ1n) is 8.33. The Morgan fingerprint density at radius 1 is 1.04 bits per heavy atom. The van der Waals surface area contributed by atoms with E-state index in [4.69, 9.17) is 5.10 Å². The summed E-state index contributed by atoms with van der Waals surface area (Å²) in [6.07, 6.45) is 0. The summed E-state index contributed by atoms with van der Waals surface area (Å²) in [7, 11) is 0. The van der Waals surface area contributed by atoms with Crippen LogP contribution in [0.3, 0.4) is 0 Å². The van der Waals surface area contributed by atoms with E-state index in [0.717, 1.165) is 43.3 Å². The number of nitrogens with zero attached hydrogens (tertiary/aromatic N) is 5. The van der Waals surface area contributed by atoms with E-state index < -0.39 is 0 Å². The summed E-state index contributed by atoms with van der Waals surface area (Å²) < 4.78 is 1.06. The van der Waals surface area contributed by atoms with Gasteiger partial charge in [0.2, 0.25) is 5.13 Å². The van der Waals surface area contributed by atoms with Crippen molar-refractivity contribution in [2.24, 2.45) is 11.0 Å². The van der Waals surface area contributed by atoms with Crippen LogP contribution in [0.2, 0.25) is 0 Å². The van der Waals surface area contributed by atoms with Gasteiger partial charge in [-0.3, -0.25) is 0 Å². The quantitative estimate of drug-likeness (QED) is 0.461. The molecule has 0 saturated carbocycles. The van der Waals surface area contributed by atoms with Crippen LogP contribution in [0.15, 0.2) is 58.1 Å². The second-order valence-corrected chi connectivity index (χ2v) is 8.19. The molecular formula is C19H14BrN5S. The zero-order valence-electron chi connectivity index (χ0n) is 13.9. The predicted octanol–water partition coefficient (Wildman–Crippen LogP) is 4.86. The van der Waals surface area contributed by atoms with Crippen LogP contribution in [0, 0.1) is 5.92 Å². The van der Waals surface area contributed by atoms with Gasteiger partial charge >= 0.3 is 0 Å². The molecule has 0 bridgehead atoms. The third kappa shape index (κ3) is 2.68. The van der Waals surface area contributed by atoms with Crippen molar-refractivity contribution in [2.45, 2.75) is 6.92 Å². The van der Waals surface area contributed by atoms with E-state index in [0.29, 0.717) is 11.6 Å². The van der Waals surface area contributed by atoms with Crippen molar-refractivity contribution in [3.63, 3.8) is 0 Å². The Bertz CT molecular complexity index is 1120. The molecule has 5 rings (SSSR count). The first-order valence-corrected chi connectivity index (χ1v) is 9.93. The van der Waals surface area contributed by atoms with Crippen molar-refractivity contribution in [1.82, 2.24) is 15.0 Å². The molecule has 0 fully saturated rings. The summed E-state index contributed by atoms with van der Waals surface area (Å²) in [6.45, 7) is 3.00. The molecule has 0 N–H and O–H groups in total. The van der Waals surface area contributed by atoms with Crippen LogP contribution in [-0.2, 0) is 0 Å². The maximum atomic E-state index is 4.84. The van der Waals surface area contributed by atoms with Crippen molar-refractivity contribution in [2.75, 3.05) is 11.6 Å². The predicted molar refractivity (Wildman–Crippen MR) is 110 cm³/mol. The standard InChI is InChI=1S/C19H14BrN5S/c1-11-10-25(24-16(11)12-5-4-6-13(20)9-12)19-23-17-18(26-19)22-15-8-3-2-7-14(15)21-17/h2-9,11H,10H2,1H3. The van der Waals surface area contributed by atoms with Crippen molar-refractivity contribution in [3.05, 3.63) is 58.6 Å². The van der Waals surface area contributed by atoms with Gasteiger partial charge in [-0.15, -0.1) is 0 Å². The minimum atomic E-state index is 0.330. The molecule has 7 heteroatoms.